The summed E-state index contributed by atoms with van der Waals surface area (Å²) in [4.78, 5) is 4.23. The average molecular weight is 493 g/mol. The number of aromatic nitrogens is 3. The highest BCUT2D eigenvalue weighted by molar-refractivity contribution is 14.0. The van der Waals surface area contributed by atoms with Crippen molar-refractivity contribution in [3.8, 4) is 5.75 Å². The van der Waals surface area contributed by atoms with Gasteiger partial charge in [0.1, 0.15) is 17.9 Å². The first-order valence-corrected chi connectivity index (χ1v) is 8.69. The second-order valence-electron chi connectivity index (χ2n) is 5.43. The molecule has 1 aromatic carbocycles. The Morgan fingerprint density at radius 3 is 2.73 bits per heavy atom. The maximum absolute atomic E-state index is 6.26. The molecule has 26 heavy (non-hydrogen) atoms. The van der Waals surface area contributed by atoms with Gasteiger partial charge in [-0.3, -0.25) is 4.99 Å². The Labute approximate surface area is 176 Å². The molecule has 0 spiro atoms. The van der Waals surface area contributed by atoms with Crippen LogP contribution < -0.4 is 15.4 Å². The fraction of sp³-hybridized carbons (Fsp3) is 0.471. The van der Waals surface area contributed by atoms with Crippen LogP contribution in [0.4, 0.5) is 0 Å². The molecule has 0 bridgehead atoms. The van der Waals surface area contributed by atoms with Crippen LogP contribution in [0.5, 0.6) is 5.75 Å². The van der Waals surface area contributed by atoms with E-state index < -0.39 is 0 Å². The third kappa shape index (κ3) is 6.64. The van der Waals surface area contributed by atoms with Gasteiger partial charge in [-0.05, 0) is 24.1 Å². The zero-order chi connectivity index (χ0) is 18.1. The lowest BCUT2D eigenvalue weighted by Crippen LogP contribution is -2.39. The number of aryl methyl sites for hydroxylation is 1. The number of rotatable bonds is 8. The number of nitrogens with zero attached hydrogens (tertiary/aromatic N) is 4. The van der Waals surface area contributed by atoms with Crippen molar-refractivity contribution in [2.75, 3.05) is 27.2 Å². The molecule has 0 aliphatic carbocycles. The number of benzene rings is 1. The predicted octanol–water partition coefficient (Wildman–Crippen LogP) is 2.53. The lowest BCUT2D eigenvalue weighted by atomic mass is 10.1. The SMILES string of the molecule is CCc1nncn1CCNC(=NC)NCCc1ccc(OC)cc1Cl.I. The molecule has 7 nitrogen and oxygen atoms in total. The maximum atomic E-state index is 6.26. The molecule has 144 valence electrons. The maximum Gasteiger partial charge on any atom is 0.191 e. The molecule has 2 rings (SSSR count). The van der Waals surface area contributed by atoms with Crippen LogP contribution in [0.15, 0.2) is 29.5 Å². The van der Waals surface area contributed by atoms with E-state index in [2.05, 4.69) is 32.7 Å². The minimum atomic E-state index is 0. The molecule has 9 heteroatoms. The summed E-state index contributed by atoms with van der Waals surface area (Å²) in [5.74, 6) is 2.51. The number of aliphatic imine (C=N–C) groups is 1. The highest BCUT2D eigenvalue weighted by atomic mass is 127. The molecule has 2 aromatic rings. The Balaban J connectivity index is 0.00000338. The van der Waals surface area contributed by atoms with Crippen LogP contribution >= 0.6 is 35.6 Å². The summed E-state index contributed by atoms with van der Waals surface area (Å²) in [5.41, 5.74) is 1.07. The minimum Gasteiger partial charge on any atom is -0.497 e. The van der Waals surface area contributed by atoms with Crippen LogP contribution in [0, 0.1) is 0 Å². The molecule has 0 atom stereocenters. The predicted molar refractivity (Wildman–Crippen MR) is 116 cm³/mol. The number of hydrogen-bond donors (Lipinski definition) is 2. The van der Waals surface area contributed by atoms with Crippen molar-refractivity contribution in [2.24, 2.45) is 4.99 Å². The molecular formula is C17H26ClIN6O. The Hall–Kier alpha value is -1.55. The Morgan fingerprint density at radius 2 is 2.08 bits per heavy atom. The highest BCUT2D eigenvalue weighted by Gasteiger charge is 2.04. The van der Waals surface area contributed by atoms with Crippen molar-refractivity contribution in [2.45, 2.75) is 26.3 Å². The third-order valence-corrected chi connectivity index (χ3v) is 4.18. The molecule has 0 saturated heterocycles. The normalized spacial score (nSPS) is 11.0. The van der Waals surface area contributed by atoms with Gasteiger partial charge in [0.05, 0.1) is 7.11 Å². The van der Waals surface area contributed by atoms with Crippen LogP contribution in [0.2, 0.25) is 5.02 Å². The zero-order valence-corrected chi connectivity index (χ0v) is 18.4. The average Bonchev–Trinajstić information content (AvgIpc) is 3.09. The summed E-state index contributed by atoms with van der Waals surface area (Å²) in [6.07, 6.45) is 3.42. The van der Waals surface area contributed by atoms with Crippen molar-refractivity contribution < 1.29 is 4.74 Å². The first-order chi connectivity index (χ1) is 12.2. The molecule has 0 aliphatic rings. The van der Waals surface area contributed by atoms with E-state index in [-0.39, 0.29) is 24.0 Å². The van der Waals surface area contributed by atoms with Crippen molar-refractivity contribution in [3.05, 3.63) is 40.9 Å². The van der Waals surface area contributed by atoms with Crippen molar-refractivity contribution in [1.82, 2.24) is 25.4 Å². The van der Waals surface area contributed by atoms with E-state index in [9.17, 15) is 0 Å². The summed E-state index contributed by atoms with van der Waals surface area (Å²) in [6.45, 7) is 4.34. The highest BCUT2D eigenvalue weighted by Crippen LogP contribution is 2.22. The fourth-order valence-electron chi connectivity index (χ4n) is 2.43. The van der Waals surface area contributed by atoms with Gasteiger partial charge in [0.2, 0.25) is 0 Å². The van der Waals surface area contributed by atoms with Crippen LogP contribution in [0.3, 0.4) is 0 Å². The summed E-state index contributed by atoms with van der Waals surface area (Å²) in [7, 11) is 3.39. The number of guanidine groups is 1. The minimum absolute atomic E-state index is 0. The van der Waals surface area contributed by atoms with Gasteiger partial charge < -0.3 is 19.9 Å². The monoisotopic (exact) mass is 492 g/mol. The van der Waals surface area contributed by atoms with Crippen LogP contribution in [0.25, 0.3) is 0 Å². The molecule has 0 fully saturated rings. The van der Waals surface area contributed by atoms with Gasteiger partial charge in [0.15, 0.2) is 5.96 Å². The smallest absolute Gasteiger partial charge is 0.191 e. The first-order valence-electron chi connectivity index (χ1n) is 8.31. The molecule has 0 aliphatic heterocycles. The van der Waals surface area contributed by atoms with Crippen molar-refractivity contribution >= 4 is 41.5 Å². The van der Waals surface area contributed by atoms with E-state index in [1.807, 2.05) is 22.8 Å². The molecular weight excluding hydrogens is 467 g/mol. The molecule has 0 amide bonds. The summed E-state index contributed by atoms with van der Waals surface area (Å²) in [6, 6.07) is 5.73. The van der Waals surface area contributed by atoms with Gasteiger partial charge in [0, 0.05) is 38.1 Å². The van der Waals surface area contributed by atoms with Crippen LogP contribution in [0.1, 0.15) is 18.3 Å². The molecule has 2 N–H and O–H groups in total. The number of hydrogen-bond acceptors (Lipinski definition) is 4. The standard InChI is InChI=1S/C17H25ClN6O.HI/c1-4-16-23-22-12-24(16)10-9-21-17(19-2)20-8-7-13-5-6-14(25-3)11-15(13)18;/h5-6,11-12H,4,7-10H2,1-3H3,(H2,19,20,21);1H. The largest absolute Gasteiger partial charge is 0.497 e. The van der Waals surface area contributed by atoms with Gasteiger partial charge in [-0.25, -0.2) is 0 Å². The summed E-state index contributed by atoms with van der Waals surface area (Å²) in [5, 5.41) is 15.3. The van der Waals surface area contributed by atoms with E-state index in [0.29, 0.717) is 5.02 Å². The Bertz CT molecular complexity index is 706. The van der Waals surface area contributed by atoms with E-state index in [1.54, 1.807) is 20.5 Å². The molecule has 0 saturated carbocycles. The number of ether oxygens (including phenoxy) is 1. The molecule has 1 aromatic heterocycles. The summed E-state index contributed by atoms with van der Waals surface area (Å²) >= 11 is 6.26. The fourth-order valence-corrected chi connectivity index (χ4v) is 2.69. The third-order valence-electron chi connectivity index (χ3n) is 3.83. The second kappa shape index (κ2) is 11.9. The van der Waals surface area contributed by atoms with E-state index in [4.69, 9.17) is 16.3 Å². The number of halogens is 2. The summed E-state index contributed by atoms with van der Waals surface area (Å²) < 4.78 is 7.20. The van der Waals surface area contributed by atoms with Gasteiger partial charge >= 0.3 is 0 Å². The van der Waals surface area contributed by atoms with Crippen LogP contribution in [-0.4, -0.2) is 48.0 Å². The number of methoxy groups -OCH3 is 1. The van der Waals surface area contributed by atoms with Crippen LogP contribution in [-0.2, 0) is 19.4 Å². The van der Waals surface area contributed by atoms with Gasteiger partial charge in [-0.15, -0.1) is 34.2 Å². The van der Waals surface area contributed by atoms with E-state index in [1.165, 1.54) is 0 Å². The van der Waals surface area contributed by atoms with Gasteiger partial charge in [-0.1, -0.05) is 24.6 Å². The lowest BCUT2D eigenvalue weighted by Gasteiger charge is -2.13. The van der Waals surface area contributed by atoms with E-state index in [0.717, 1.165) is 55.6 Å². The second-order valence-corrected chi connectivity index (χ2v) is 5.83. The van der Waals surface area contributed by atoms with E-state index >= 15 is 0 Å². The number of nitrogens with one attached hydrogen (secondary N) is 2. The quantitative estimate of drug-likeness (QED) is 0.336. The molecule has 0 radical (unpaired) electrons. The molecule has 1 heterocycles. The Morgan fingerprint density at radius 1 is 1.31 bits per heavy atom. The van der Waals surface area contributed by atoms with Crippen molar-refractivity contribution in [1.29, 1.82) is 0 Å². The van der Waals surface area contributed by atoms with Crippen molar-refractivity contribution in [3.63, 3.8) is 0 Å². The lowest BCUT2D eigenvalue weighted by molar-refractivity contribution is 0.414. The van der Waals surface area contributed by atoms with Gasteiger partial charge in [-0.2, -0.15) is 0 Å². The first kappa shape index (κ1) is 22.5. The molecule has 0 unspecified atom stereocenters. The zero-order valence-electron chi connectivity index (χ0n) is 15.3. The van der Waals surface area contributed by atoms with Gasteiger partial charge in [0.25, 0.3) is 0 Å². The topological polar surface area (TPSA) is 76.4 Å². The Kier molecular flexibility index (Phi) is 10.3.